The van der Waals surface area contributed by atoms with Gasteiger partial charge in [-0.2, -0.15) is 0 Å². The lowest BCUT2D eigenvalue weighted by Crippen LogP contribution is -2.39. The average Bonchev–Trinajstić information content (AvgIpc) is 3.25. The van der Waals surface area contributed by atoms with E-state index in [1.807, 2.05) is 0 Å². The Morgan fingerprint density at radius 2 is 1.89 bits per heavy atom. The van der Waals surface area contributed by atoms with Gasteiger partial charge in [0.1, 0.15) is 5.78 Å². The van der Waals surface area contributed by atoms with Gasteiger partial charge >= 0.3 is 0 Å². The molecule has 0 aliphatic carbocycles. The molecule has 2 aliphatic heterocycles. The van der Waals surface area contributed by atoms with Crippen molar-refractivity contribution in [3.05, 3.63) is 12.2 Å². The highest BCUT2D eigenvalue weighted by Crippen LogP contribution is 2.49. The first-order chi connectivity index (χ1) is 13.4. The second kappa shape index (κ2) is 11.3. The molecule has 1 unspecified atom stereocenters. The zero-order valence-electron chi connectivity index (χ0n) is 17.5. The van der Waals surface area contributed by atoms with Crippen molar-refractivity contribution in [2.75, 3.05) is 13.1 Å². The molecule has 158 valence electrons. The summed E-state index contributed by atoms with van der Waals surface area (Å²) >= 11 is 0. The molecule has 0 saturated carbocycles. The van der Waals surface area contributed by atoms with Crippen LogP contribution < -0.4 is 10.6 Å². The molecule has 2 heterocycles. The monoisotopic (exact) mass is 392 g/mol. The second-order valence-corrected chi connectivity index (χ2v) is 8.31. The Hall–Kier alpha value is -1.69. The number of hydrogen-bond acceptors (Lipinski definition) is 4. The number of ether oxygens (including phenoxy) is 1. The smallest absolute Gasteiger partial charge is 0.244 e. The molecule has 0 aromatic carbocycles. The molecule has 2 aliphatic rings. The third-order valence-corrected chi connectivity index (χ3v) is 6.12. The van der Waals surface area contributed by atoms with E-state index in [0.29, 0.717) is 42.9 Å². The van der Waals surface area contributed by atoms with Crippen molar-refractivity contribution in [1.29, 1.82) is 0 Å². The number of Topliss-reactive ketones (excluding diaryl/α,β-unsaturated/α-hetero) is 1. The predicted molar refractivity (Wildman–Crippen MR) is 109 cm³/mol. The first-order valence-corrected chi connectivity index (χ1v) is 10.7. The van der Waals surface area contributed by atoms with Crippen molar-refractivity contribution in [3.63, 3.8) is 0 Å². The van der Waals surface area contributed by atoms with E-state index in [4.69, 9.17) is 4.74 Å². The first-order valence-electron chi connectivity index (χ1n) is 10.7. The van der Waals surface area contributed by atoms with Crippen LogP contribution >= 0.6 is 0 Å². The number of nitrogens with one attached hydrogen (secondary N) is 2. The molecule has 5 atom stereocenters. The lowest BCUT2D eigenvalue weighted by molar-refractivity contribution is -0.124. The van der Waals surface area contributed by atoms with Gasteiger partial charge in [0.2, 0.25) is 11.8 Å². The molecular weight excluding hydrogens is 356 g/mol. The highest BCUT2D eigenvalue weighted by molar-refractivity contribution is 5.91. The molecule has 2 bridgehead atoms. The highest BCUT2D eigenvalue weighted by atomic mass is 16.5. The van der Waals surface area contributed by atoms with Gasteiger partial charge in [-0.05, 0) is 63.4 Å². The second-order valence-electron chi connectivity index (χ2n) is 8.31. The van der Waals surface area contributed by atoms with Crippen LogP contribution in [0.2, 0.25) is 0 Å². The molecule has 0 radical (unpaired) electrons. The van der Waals surface area contributed by atoms with E-state index in [-0.39, 0.29) is 24.1 Å². The minimum Gasteiger partial charge on any atom is -0.374 e. The molecular formula is C22H36N2O4. The summed E-state index contributed by atoms with van der Waals surface area (Å²) in [5.41, 5.74) is 0. The zero-order chi connectivity index (χ0) is 20.5. The van der Waals surface area contributed by atoms with Crippen molar-refractivity contribution in [3.8, 4) is 0 Å². The van der Waals surface area contributed by atoms with Gasteiger partial charge in [0.05, 0.1) is 18.8 Å². The number of allylic oxidation sites excluding steroid dienone is 1. The Morgan fingerprint density at radius 3 is 2.61 bits per heavy atom. The Kier molecular flexibility index (Phi) is 9.16. The molecule has 2 N–H and O–H groups in total. The van der Waals surface area contributed by atoms with Crippen LogP contribution in [-0.2, 0) is 19.1 Å². The van der Waals surface area contributed by atoms with Crippen molar-refractivity contribution < 1.29 is 19.1 Å². The molecule has 0 aromatic heterocycles. The Labute approximate surface area is 168 Å². The Morgan fingerprint density at radius 1 is 1.14 bits per heavy atom. The number of amides is 2. The zero-order valence-corrected chi connectivity index (χ0v) is 17.5. The van der Waals surface area contributed by atoms with Crippen LogP contribution in [0, 0.1) is 17.8 Å². The normalized spacial score (nSPS) is 27.1. The van der Waals surface area contributed by atoms with E-state index in [1.54, 1.807) is 19.9 Å². The van der Waals surface area contributed by atoms with E-state index < -0.39 is 0 Å². The number of unbranched alkanes of at least 4 members (excludes halogenated alkanes) is 1. The molecule has 6 nitrogen and oxygen atoms in total. The Balaban J connectivity index is 1.73. The number of carbonyl (C=O) groups is 3. The maximum Gasteiger partial charge on any atom is 0.244 e. The fourth-order valence-electron chi connectivity index (χ4n) is 4.83. The summed E-state index contributed by atoms with van der Waals surface area (Å²) in [6.45, 7) is 6.35. The van der Waals surface area contributed by atoms with Gasteiger partial charge in [-0.25, -0.2) is 0 Å². The summed E-state index contributed by atoms with van der Waals surface area (Å²) in [7, 11) is 0. The Bertz CT molecular complexity index is 575. The molecule has 6 heteroatoms. The average molecular weight is 393 g/mol. The van der Waals surface area contributed by atoms with Crippen molar-refractivity contribution >= 4 is 17.6 Å². The third kappa shape index (κ3) is 6.73. The van der Waals surface area contributed by atoms with Crippen LogP contribution in [0.4, 0.5) is 0 Å². The van der Waals surface area contributed by atoms with Gasteiger partial charge in [0, 0.05) is 13.0 Å². The van der Waals surface area contributed by atoms with Crippen molar-refractivity contribution in [2.45, 2.75) is 77.9 Å². The van der Waals surface area contributed by atoms with Gasteiger partial charge in [-0.3, -0.25) is 9.59 Å². The van der Waals surface area contributed by atoms with Gasteiger partial charge < -0.3 is 20.2 Å². The van der Waals surface area contributed by atoms with E-state index in [2.05, 4.69) is 17.6 Å². The summed E-state index contributed by atoms with van der Waals surface area (Å²) in [4.78, 5) is 34.4. The minimum absolute atomic E-state index is 0.00632. The summed E-state index contributed by atoms with van der Waals surface area (Å²) in [6, 6.07) is 0. The lowest BCUT2D eigenvalue weighted by Gasteiger charge is -2.33. The van der Waals surface area contributed by atoms with Crippen molar-refractivity contribution in [2.24, 2.45) is 17.8 Å². The maximum absolute atomic E-state index is 11.9. The minimum atomic E-state index is -0.252. The molecule has 2 fully saturated rings. The highest BCUT2D eigenvalue weighted by Gasteiger charge is 2.49. The quantitative estimate of drug-likeness (QED) is 0.395. The van der Waals surface area contributed by atoms with Crippen LogP contribution in [0.5, 0.6) is 0 Å². The molecule has 0 aromatic rings. The molecule has 2 rings (SSSR count). The van der Waals surface area contributed by atoms with Crippen LogP contribution in [0.25, 0.3) is 0 Å². The fraction of sp³-hybridized carbons (Fsp3) is 0.773. The number of carbonyl (C=O) groups excluding carboxylic acids is 3. The summed E-state index contributed by atoms with van der Waals surface area (Å²) < 4.78 is 6.20. The number of rotatable bonds is 12. The van der Waals surface area contributed by atoms with Gasteiger partial charge in [-0.15, -0.1) is 0 Å². The summed E-state index contributed by atoms with van der Waals surface area (Å²) in [6.07, 6.45) is 10.8. The molecule has 2 saturated heterocycles. The summed E-state index contributed by atoms with van der Waals surface area (Å²) in [5, 5.41) is 5.49. The van der Waals surface area contributed by atoms with E-state index >= 15 is 0 Å². The lowest BCUT2D eigenvalue weighted by atomic mass is 9.70. The van der Waals surface area contributed by atoms with E-state index in [1.165, 1.54) is 6.08 Å². The fourth-order valence-corrected chi connectivity index (χ4v) is 4.83. The van der Waals surface area contributed by atoms with Gasteiger partial charge in [0.25, 0.3) is 0 Å². The van der Waals surface area contributed by atoms with Crippen LogP contribution in [0.15, 0.2) is 12.2 Å². The SMILES string of the molecule is CC=CC(=O)NCC(=O)NCC[C@@H]1[C@@H](C(C)CCCCC(C)=O)[C@@H]2CC[C@H]1O2. The standard InChI is InChI=1S/C22H36N2O4/c1-4-7-20(26)24-14-21(27)23-13-12-17-18-10-11-19(28-18)22(17)15(2)8-5-6-9-16(3)25/h4,7,15,17-19,22H,5-6,8-14H2,1-3H3,(H,23,27)(H,24,26)/t15?,17-,18+,19-,22+/m0/s1. The van der Waals surface area contributed by atoms with E-state index in [9.17, 15) is 14.4 Å². The van der Waals surface area contributed by atoms with E-state index in [0.717, 1.165) is 38.5 Å². The van der Waals surface area contributed by atoms with Crippen molar-refractivity contribution in [1.82, 2.24) is 10.6 Å². The third-order valence-electron chi connectivity index (χ3n) is 6.12. The molecule has 0 spiro atoms. The number of hydrogen-bond donors (Lipinski definition) is 2. The summed E-state index contributed by atoms with van der Waals surface area (Å²) in [5.74, 6) is 1.46. The first kappa shape index (κ1) is 22.6. The topological polar surface area (TPSA) is 84.5 Å². The maximum atomic E-state index is 11.9. The van der Waals surface area contributed by atoms with Gasteiger partial charge in [-0.1, -0.05) is 25.8 Å². The number of fused-ring (bicyclic) bond motifs is 2. The predicted octanol–water partition coefficient (Wildman–Crippen LogP) is 2.76. The molecule has 28 heavy (non-hydrogen) atoms. The largest absolute Gasteiger partial charge is 0.374 e. The van der Waals surface area contributed by atoms with Crippen LogP contribution in [0.3, 0.4) is 0 Å². The van der Waals surface area contributed by atoms with Crippen LogP contribution in [-0.4, -0.2) is 42.9 Å². The molecule has 2 amide bonds. The number of ketones is 1. The van der Waals surface area contributed by atoms with Gasteiger partial charge in [0.15, 0.2) is 0 Å². The van der Waals surface area contributed by atoms with Crippen LogP contribution in [0.1, 0.15) is 65.7 Å².